The maximum absolute atomic E-state index is 14.8. The lowest BCUT2D eigenvalue weighted by Gasteiger charge is -2.34. The predicted octanol–water partition coefficient (Wildman–Crippen LogP) is 5.86. The average molecular weight is 718 g/mol. The van der Waals surface area contributed by atoms with Crippen LogP contribution < -0.4 is 28.6 Å². The summed E-state index contributed by atoms with van der Waals surface area (Å²) in [5.74, 6) is 0.771. The highest BCUT2D eigenvalue weighted by Gasteiger charge is 2.35. The van der Waals surface area contributed by atoms with Crippen molar-refractivity contribution >= 4 is 27.5 Å². The third-order valence-electron chi connectivity index (χ3n) is 8.25. The van der Waals surface area contributed by atoms with Crippen LogP contribution in [0.2, 0.25) is 0 Å². The van der Waals surface area contributed by atoms with Crippen molar-refractivity contribution in [2.45, 2.75) is 50.6 Å². The smallest absolute Gasteiger partial charge is 0.264 e. The first kappa shape index (κ1) is 38.6. The van der Waals surface area contributed by atoms with Gasteiger partial charge in [0.2, 0.25) is 11.8 Å². The van der Waals surface area contributed by atoms with E-state index in [2.05, 4.69) is 5.32 Å². The van der Waals surface area contributed by atoms with Crippen molar-refractivity contribution in [3.05, 3.63) is 108 Å². The largest absolute Gasteiger partial charge is 0.497 e. The van der Waals surface area contributed by atoms with Crippen molar-refractivity contribution < 1.29 is 37.0 Å². The number of carbonyl (C=O) groups excluding carboxylic acids is 2. The molecule has 0 saturated heterocycles. The van der Waals surface area contributed by atoms with E-state index < -0.39 is 28.5 Å². The van der Waals surface area contributed by atoms with E-state index in [1.807, 2.05) is 50.2 Å². The second-order valence-electron chi connectivity index (χ2n) is 11.7. The summed E-state index contributed by atoms with van der Waals surface area (Å²) in [6.45, 7) is 4.15. The van der Waals surface area contributed by atoms with E-state index in [0.717, 1.165) is 22.7 Å². The minimum Gasteiger partial charge on any atom is -0.497 e. The summed E-state index contributed by atoms with van der Waals surface area (Å²) in [7, 11) is 0.0383. The van der Waals surface area contributed by atoms with Gasteiger partial charge in [-0.25, -0.2) is 8.42 Å². The first-order chi connectivity index (χ1) is 24.6. The van der Waals surface area contributed by atoms with Crippen LogP contribution in [0.5, 0.6) is 23.0 Å². The number of rotatable bonds is 19. The first-order valence-corrected chi connectivity index (χ1v) is 18.3. The number of hydrogen-bond donors (Lipinski definition) is 1. The molecule has 0 spiro atoms. The minimum atomic E-state index is -4.38. The third kappa shape index (κ3) is 10.2. The van der Waals surface area contributed by atoms with Crippen LogP contribution in [0.15, 0.2) is 102 Å². The van der Waals surface area contributed by atoms with Crippen LogP contribution in [0.3, 0.4) is 0 Å². The van der Waals surface area contributed by atoms with Gasteiger partial charge in [0.05, 0.1) is 38.5 Å². The zero-order valence-electron chi connectivity index (χ0n) is 29.8. The van der Waals surface area contributed by atoms with E-state index in [0.29, 0.717) is 36.0 Å². The SMILES string of the molecule is CCCCNC(=O)[C@@H](Cc1ccccc1)N(Cc1cccc(OC)c1)C(=O)CN(c1ccc(OCC)cc1)S(=O)(=O)c1ccc(OC)c(OC)c1. The molecule has 2 amide bonds. The summed E-state index contributed by atoms with van der Waals surface area (Å²) in [6, 6.07) is 26.4. The standard InChI is InChI=1S/C39H47N3O8S/c1-6-8-23-40-39(44)35(25-29-13-10-9-11-14-29)41(27-30-15-12-16-33(24-30)47-3)38(43)28-42(31-17-19-32(20-18-31)50-7-2)51(45,46)34-21-22-36(48-4)37(26-34)49-5/h9-22,24,26,35H,6-8,23,25,27-28H2,1-5H3,(H,40,44)/t35-/m1/s1. The highest BCUT2D eigenvalue weighted by atomic mass is 32.2. The lowest BCUT2D eigenvalue weighted by molar-refractivity contribution is -0.140. The Morgan fingerprint density at radius 3 is 2.12 bits per heavy atom. The third-order valence-corrected chi connectivity index (χ3v) is 10.0. The fourth-order valence-corrected chi connectivity index (χ4v) is 6.97. The Labute approximate surface area is 301 Å². The molecule has 0 saturated carbocycles. The van der Waals surface area contributed by atoms with Crippen LogP contribution in [-0.2, 0) is 32.6 Å². The highest BCUT2D eigenvalue weighted by Crippen LogP contribution is 2.33. The van der Waals surface area contributed by atoms with E-state index in [4.69, 9.17) is 18.9 Å². The maximum Gasteiger partial charge on any atom is 0.264 e. The Morgan fingerprint density at radius 2 is 1.47 bits per heavy atom. The fourth-order valence-electron chi connectivity index (χ4n) is 5.54. The molecule has 4 aromatic carbocycles. The first-order valence-electron chi connectivity index (χ1n) is 16.9. The van der Waals surface area contributed by atoms with Crippen LogP contribution in [0, 0.1) is 0 Å². The Balaban J connectivity index is 1.83. The van der Waals surface area contributed by atoms with Gasteiger partial charge in [-0.05, 0) is 73.0 Å². The summed E-state index contributed by atoms with van der Waals surface area (Å²) < 4.78 is 51.8. The lowest BCUT2D eigenvalue weighted by Crippen LogP contribution is -2.53. The topological polar surface area (TPSA) is 124 Å². The minimum absolute atomic E-state index is 0.0161. The fraction of sp³-hybridized carbons (Fsp3) is 0.333. The van der Waals surface area contributed by atoms with Crippen molar-refractivity contribution in [3.63, 3.8) is 0 Å². The number of carbonyl (C=O) groups is 2. The predicted molar refractivity (Wildman–Crippen MR) is 197 cm³/mol. The van der Waals surface area contributed by atoms with Crippen LogP contribution in [0.1, 0.15) is 37.8 Å². The van der Waals surface area contributed by atoms with Crippen molar-refractivity contribution in [1.29, 1.82) is 0 Å². The summed E-state index contributed by atoms with van der Waals surface area (Å²) in [5.41, 5.74) is 1.78. The Bertz CT molecular complexity index is 1840. The van der Waals surface area contributed by atoms with Crippen molar-refractivity contribution in [3.8, 4) is 23.0 Å². The molecule has 51 heavy (non-hydrogen) atoms. The molecule has 0 aliphatic rings. The number of anilines is 1. The van der Waals surface area contributed by atoms with Gasteiger partial charge in [0.25, 0.3) is 10.0 Å². The van der Waals surface area contributed by atoms with E-state index in [1.165, 1.54) is 37.3 Å². The molecule has 0 unspecified atom stereocenters. The maximum atomic E-state index is 14.8. The molecule has 0 bridgehead atoms. The van der Waals surface area contributed by atoms with Crippen LogP contribution >= 0.6 is 0 Å². The molecular weight excluding hydrogens is 671 g/mol. The molecular formula is C39H47N3O8S. The Morgan fingerprint density at radius 1 is 0.765 bits per heavy atom. The van der Waals surface area contributed by atoms with Crippen molar-refractivity contribution in [2.75, 3.05) is 45.3 Å². The Hall–Kier alpha value is -5.23. The normalized spacial score (nSPS) is 11.6. The van der Waals surface area contributed by atoms with Crippen LogP contribution in [0.25, 0.3) is 0 Å². The quantitative estimate of drug-likeness (QED) is 0.120. The molecule has 12 heteroatoms. The molecule has 1 N–H and O–H groups in total. The second-order valence-corrected chi connectivity index (χ2v) is 13.5. The molecule has 0 aliphatic heterocycles. The molecule has 0 heterocycles. The van der Waals surface area contributed by atoms with Gasteiger partial charge in [-0.15, -0.1) is 0 Å². The molecule has 0 aliphatic carbocycles. The molecule has 272 valence electrons. The molecule has 0 aromatic heterocycles. The van der Waals surface area contributed by atoms with Gasteiger partial charge in [-0.1, -0.05) is 55.8 Å². The number of nitrogens with one attached hydrogen (secondary N) is 1. The monoisotopic (exact) mass is 717 g/mol. The number of benzene rings is 4. The van der Waals surface area contributed by atoms with E-state index in [1.54, 1.807) is 49.6 Å². The summed E-state index contributed by atoms with van der Waals surface area (Å²) in [4.78, 5) is 30.1. The Kier molecular flexibility index (Phi) is 14.1. The van der Waals surface area contributed by atoms with Gasteiger partial charge in [0.15, 0.2) is 11.5 Å². The molecule has 4 rings (SSSR count). The number of nitrogens with zero attached hydrogens (tertiary/aromatic N) is 2. The molecule has 11 nitrogen and oxygen atoms in total. The molecule has 4 aromatic rings. The summed E-state index contributed by atoms with van der Waals surface area (Å²) in [5, 5.41) is 3.00. The molecule has 0 radical (unpaired) electrons. The zero-order chi connectivity index (χ0) is 36.8. The number of hydrogen-bond acceptors (Lipinski definition) is 8. The van der Waals surface area contributed by atoms with Gasteiger partial charge >= 0.3 is 0 Å². The van der Waals surface area contributed by atoms with E-state index in [-0.39, 0.29) is 35.2 Å². The summed E-state index contributed by atoms with van der Waals surface area (Å²) in [6.07, 6.45) is 1.85. The number of unbranched alkanes of at least 4 members (excludes halogenated alkanes) is 1. The van der Waals surface area contributed by atoms with Gasteiger partial charge in [0, 0.05) is 25.6 Å². The summed E-state index contributed by atoms with van der Waals surface area (Å²) >= 11 is 0. The number of methoxy groups -OCH3 is 3. The number of ether oxygens (including phenoxy) is 4. The number of amides is 2. The van der Waals surface area contributed by atoms with Crippen molar-refractivity contribution in [2.24, 2.45) is 0 Å². The van der Waals surface area contributed by atoms with Crippen LogP contribution in [-0.4, -0.2) is 72.2 Å². The average Bonchev–Trinajstić information content (AvgIpc) is 3.15. The van der Waals surface area contributed by atoms with Gasteiger partial charge < -0.3 is 29.2 Å². The van der Waals surface area contributed by atoms with Crippen molar-refractivity contribution in [1.82, 2.24) is 10.2 Å². The molecule has 0 fully saturated rings. The van der Waals surface area contributed by atoms with Gasteiger partial charge in [0.1, 0.15) is 24.1 Å². The van der Waals surface area contributed by atoms with E-state index in [9.17, 15) is 18.0 Å². The van der Waals surface area contributed by atoms with E-state index >= 15 is 0 Å². The number of sulfonamides is 1. The molecule has 1 atom stereocenters. The van der Waals surface area contributed by atoms with Gasteiger partial charge in [-0.3, -0.25) is 13.9 Å². The highest BCUT2D eigenvalue weighted by molar-refractivity contribution is 7.92. The lowest BCUT2D eigenvalue weighted by atomic mass is 10.0. The van der Waals surface area contributed by atoms with Crippen LogP contribution in [0.4, 0.5) is 5.69 Å². The zero-order valence-corrected chi connectivity index (χ0v) is 30.6. The van der Waals surface area contributed by atoms with Gasteiger partial charge in [-0.2, -0.15) is 0 Å². The second kappa shape index (κ2) is 18.7.